The molecule has 1 atom stereocenters. The molecule has 0 aliphatic rings. The summed E-state index contributed by atoms with van der Waals surface area (Å²) in [5.41, 5.74) is 3.34. The van der Waals surface area contributed by atoms with Crippen LogP contribution in [0.25, 0.3) is 0 Å². The maximum atomic E-state index is 12.0. The highest BCUT2D eigenvalue weighted by atomic mass is 79.9. The summed E-state index contributed by atoms with van der Waals surface area (Å²) in [5, 5.41) is 12.8. The van der Waals surface area contributed by atoms with Crippen LogP contribution in [0.3, 0.4) is 0 Å². The number of benzene rings is 2. The van der Waals surface area contributed by atoms with Crippen LogP contribution in [0.5, 0.6) is 0 Å². The number of carbonyl (C=O) groups excluding carboxylic acids is 1. The van der Waals surface area contributed by atoms with E-state index in [1.807, 2.05) is 32.0 Å². The lowest BCUT2D eigenvalue weighted by Crippen LogP contribution is -2.20. The lowest BCUT2D eigenvalue weighted by atomic mass is 10.1. The normalized spacial score (nSPS) is 12.0. The number of aliphatic hydroxyl groups excluding tert-OH is 1. The maximum Gasteiger partial charge on any atom is 0.257 e. The van der Waals surface area contributed by atoms with Crippen molar-refractivity contribution in [2.75, 3.05) is 5.32 Å². The number of aliphatic hydroxyl groups is 1. The zero-order valence-corrected chi connectivity index (χ0v) is 12.9. The van der Waals surface area contributed by atoms with Crippen molar-refractivity contribution < 1.29 is 9.90 Å². The molecule has 0 heterocycles. The van der Waals surface area contributed by atoms with E-state index in [0.29, 0.717) is 11.3 Å². The Bertz CT molecular complexity index is 603. The average Bonchev–Trinajstić information content (AvgIpc) is 2.44. The number of rotatable bonds is 3. The van der Waals surface area contributed by atoms with Crippen molar-refractivity contribution in [3.05, 3.63) is 63.6 Å². The molecule has 0 aliphatic carbocycles. The van der Waals surface area contributed by atoms with Crippen LogP contribution in [0, 0.1) is 13.8 Å². The fourth-order valence-electron chi connectivity index (χ4n) is 2.02. The summed E-state index contributed by atoms with van der Waals surface area (Å²) in [6, 6.07) is 12.6. The van der Waals surface area contributed by atoms with Gasteiger partial charge in [-0.15, -0.1) is 0 Å². The van der Waals surface area contributed by atoms with E-state index in [2.05, 4.69) is 21.2 Å². The van der Waals surface area contributed by atoms with Crippen LogP contribution >= 0.6 is 15.9 Å². The van der Waals surface area contributed by atoms with Crippen LogP contribution < -0.4 is 5.32 Å². The predicted molar refractivity (Wildman–Crippen MR) is 83.6 cm³/mol. The second-order valence-corrected chi connectivity index (χ2v) is 5.52. The second kappa shape index (κ2) is 6.20. The Kier molecular flexibility index (Phi) is 4.57. The standard InChI is InChI=1S/C16H16BrNO2/c1-10-8-13(9-11(2)14(10)17)18-16(20)15(19)12-6-4-3-5-7-12/h3-9,15,19H,1-2H3,(H,18,20). The number of anilines is 1. The molecule has 2 N–H and O–H groups in total. The number of hydrogen-bond acceptors (Lipinski definition) is 2. The lowest BCUT2D eigenvalue weighted by molar-refractivity contribution is -0.124. The third-order valence-electron chi connectivity index (χ3n) is 3.07. The molecule has 0 aliphatic heterocycles. The summed E-state index contributed by atoms with van der Waals surface area (Å²) < 4.78 is 1.03. The van der Waals surface area contributed by atoms with Crippen LogP contribution in [0.15, 0.2) is 46.9 Å². The number of halogens is 1. The Labute approximate surface area is 126 Å². The summed E-state index contributed by atoms with van der Waals surface area (Å²) in [7, 11) is 0. The topological polar surface area (TPSA) is 49.3 Å². The Morgan fingerprint density at radius 2 is 1.70 bits per heavy atom. The molecule has 1 amide bonds. The molecule has 0 aromatic heterocycles. The van der Waals surface area contributed by atoms with E-state index in [9.17, 15) is 9.90 Å². The first kappa shape index (κ1) is 14.8. The monoisotopic (exact) mass is 333 g/mol. The fourth-order valence-corrected chi connectivity index (χ4v) is 2.24. The molecule has 0 saturated heterocycles. The molecule has 0 saturated carbocycles. The first-order valence-electron chi connectivity index (χ1n) is 6.29. The van der Waals surface area contributed by atoms with Gasteiger partial charge in [0.05, 0.1) is 0 Å². The Morgan fingerprint density at radius 3 is 2.25 bits per heavy atom. The Balaban J connectivity index is 2.16. The lowest BCUT2D eigenvalue weighted by Gasteiger charge is -2.13. The van der Waals surface area contributed by atoms with Gasteiger partial charge < -0.3 is 10.4 Å². The molecule has 3 nitrogen and oxygen atoms in total. The minimum Gasteiger partial charge on any atom is -0.378 e. The van der Waals surface area contributed by atoms with Crippen molar-refractivity contribution in [1.82, 2.24) is 0 Å². The molecule has 104 valence electrons. The van der Waals surface area contributed by atoms with Crippen molar-refractivity contribution in [3.63, 3.8) is 0 Å². The predicted octanol–water partition coefficient (Wildman–Crippen LogP) is 3.74. The summed E-state index contributed by atoms with van der Waals surface area (Å²) in [4.78, 5) is 12.0. The van der Waals surface area contributed by atoms with Gasteiger partial charge in [0.1, 0.15) is 0 Å². The van der Waals surface area contributed by atoms with Gasteiger partial charge in [-0.3, -0.25) is 4.79 Å². The summed E-state index contributed by atoms with van der Waals surface area (Å²) in [6.45, 7) is 3.92. The van der Waals surface area contributed by atoms with Gasteiger partial charge in [0.25, 0.3) is 5.91 Å². The third-order valence-corrected chi connectivity index (χ3v) is 4.32. The van der Waals surface area contributed by atoms with Gasteiger partial charge in [-0.05, 0) is 42.7 Å². The molecule has 2 rings (SSSR count). The number of hydrogen-bond donors (Lipinski definition) is 2. The van der Waals surface area contributed by atoms with E-state index in [1.165, 1.54) is 0 Å². The number of carbonyl (C=O) groups is 1. The van der Waals surface area contributed by atoms with Crippen molar-refractivity contribution in [2.45, 2.75) is 20.0 Å². The number of nitrogens with one attached hydrogen (secondary N) is 1. The van der Waals surface area contributed by atoms with E-state index in [-0.39, 0.29) is 0 Å². The molecular weight excluding hydrogens is 318 g/mol. The van der Waals surface area contributed by atoms with Gasteiger partial charge >= 0.3 is 0 Å². The van der Waals surface area contributed by atoms with Gasteiger partial charge in [0.2, 0.25) is 0 Å². The highest BCUT2D eigenvalue weighted by molar-refractivity contribution is 9.10. The molecule has 1 unspecified atom stereocenters. The van der Waals surface area contributed by atoms with Crippen LogP contribution in [-0.4, -0.2) is 11.0 Å². The highest BCUT2D eigenvalue weighted by Gasteiger charge is 2.17. The van der Waals surface area contributed by atoms with Gasteiger partial charge in [0.15, 0.2) is 6.10 Å². The zero-order valence-electron chi connectivity index (χ0n) is 11.4. The first-order valence-corrected chi connectivity index (χ1v) is 7.09. The van der Waals surface area contributed by atoms with E-state index < -0.39 is 12.0 Å². The molecule has 2 aromatic carbocycles. The highest BCUT2D eigenvalue weighted by Crippen LogP contribution is 2.25. The molecule has 0 fully saturated rings. The van der Waals surface area contributed by atoms with E-state index in [4.69, 9.17) is 0 Å². The third kappa shape index (κ3) is 3.26. The van der Waals surface area contributed by atoms with Crippen molar-refractivity contribution in [3.8, 4) is 0 Å². The van der Waals surface area contributed by atoms with E-state index in [0.717, 1.165) is 15.6 Å². The summed E-state index contributed by atoms with van der Waals surface area (Å²) >= 11 is 3.48. The van der Waals surface area contributed by atoms with Gasteiger partial charge in [0, 0.05) is 10.2 Å². The van der Waals surface area contributed by atoms with Crippen LogP contribution in [-0.2, 0) is 4.79 Å². The maximum absolute atomic E-state index is 12.0. The minimum atomic E-state index is -1.17. The molecule has 2 aromatic rings. The largest absolute Gasteiger partial charge is 0.378 e. The molecule has 4 heteroatoms. The number of amides is 1. The van der Waals surface area contributed by atoms with Crippen molar-refractivity contribution >= 4 is 27.5 Å². The number of aryl methyl sites for hydroxylation is 2. The molecule has 0 bridgehead atoms. The molecule has 0 spiro atoms. The van der Waals surface area contributed by atoms with Crippen LogP contribution in [0.2, 0.25) is 0 Å². The van der Waals surface area contributed by atoms with Gasteiger partial charge in [-0.2, -0.15) is 0 Å². The smallest absolute Gasteiger partial charge is 0.257 e. The van der Waals surface area contributed by atoms with Crippen molar-refractivity contribution in [2.24, 2.45) is 0 Å². The van der Waals surface area contributed by atoms with Crippen LogP contribution in [0.1, 0.15) is 22.8 Å². The van der Waals surface area contributed by atoms with Crippen LogP contribution in [0.4, 0.5) is 5.69 Å². The average molecular weight is 334 g/mol. The van der Waals surface area contributed by atoms with E-state index in [1.54, 1.807) is 24.3 Å². The Hall–Kier alpha value is -1.65. The second-order valence-electron chi connectivity index (χ2n) is 4.73. The summed E-state index contributed by atoms with van der Waals surface area (Å²) in [5.74, 6) is -0.433. The first-order chi connectivity index (χ1) is 9.49. The minimum absolute atomic E-state index is 0.433. The molecular formula is C16H16BrNO2. The molecule has 0 radical (unpaired) electrons. The SMILES string of the molecule is Cc1cc(NC(=O)C(O)c2ccccc2)cc(C)c1Br. The fraction of sp³-hybridized carbons (Fsp3) is 0.188. The zero-order chi connectivity index (χ0) is 14.7. The van der Waals surface area contributed by atoms with E-state index >= 15 is 0 Å². The quantitative estimate of drug-likeness (QED) is 0.898. The summed E-state index contributed by atoms with van der Waals surface area (Å²) in [6.07, 6.45) is -1.17. The molecule has 20 heavy (non-hydrogen) atoms. The van der Waals surface area contributed by atoms with Gasteiger partial charge in [-0.1, -0.05) is 46.3 Å². The van der Waals surface area contributed by atoms with Crippen molar-refractivity contribution in [1.29, 1.82) is 0 Å². The van der Waals surface area contributed by atoms with Gasteiger partial charge in [-0.25, -0.2) is 0 Å². The Morgan fingerprint density at radius 1 is 1.15 bits per heavy atom.